The summed E-state index contributed by atoms with van der Waals surface area (Å²) in [4.78, 5) is 0. The number of rotatable bonds is 2. The third-order valence-corrected chi connectivity index (χ3v) is 4.91. The van der Waals surface area contributed by atoms with Crippen molar-refractivity contribution in [3.8, 4) is 17.1 Å². The molecule has 1 aromatic carbocycles. The minimum atomic E-state index is 1.24. The van der Waals surface area contributed by atoms with E-state index in [4.69, 9.17) is 0 Å². The van der Waals surface area contributed by atoms with Crippen LogP contribution in [0.1, 0.15) is 33.4 Å². The first-order valence-electron chi connectivity index (χ1n) is 8.53. The van der Waals surface area contributed by atoms with Gasteiger partial charge in [0.2, 0.25) is 5.69 Å². The largest absolute Gasteiger partial charge is 0.310 e. The Morgan fingerprint density at radius 1 is 0.792 bits per heavy atom. The molecule has 0 unspecified atom stereocenters. The molecule has 0 bridgehead atoms. The standard InChI is InChI=1S/C22H27N2/c1-14-8-9-20(23(7)12-14)22-19(6)18(5)13-24(22)21-16(3)10-15(2)11-17(21)4/h8-13H,1-7H3/q+1. The Balaban J connectivity index is 2.34. The highest BCUT2D eigenvalue weighted by Crippen LogP contribution is 2.31. The van der Waals surface area contributed by atoms with Gasteiger partial charge in [0.1, 0.15) is 12.7 Å². The first kappa shape index (κ1) is 16.5. The molecule has 2 nitrogen and oxygen atoms in total. The van der Waals surface area contributed by atoms with Gasteiger partial charge in [0.05, 0.1) is 5.69 Å². The molecule has 24 heavy (non-hydrogen) atoms. The van der Waals surface area contributed by atoms with Crippen molar-refractivity contribution in [3.63, 3.8) is 0 Å². The minimum absolute atomic E-state index is 1.24. The zero-order chi connectivity index (χ0) is 17.6. The number of hydrogen-bond donors (Lipinski definition) is 0. The summed E-state index contributed by atoms with van der Waals surface area (Å²) < 4.78 is 4.60. The van der Waals surface area contributed by atoms with Gasteiger partial charge in [-0.05, 0) is 69.9 Å². The van der Waals surface area contributed by atoms with Crippen molar-refractivity contribution in [2.24, 2.45) is 7.05 Å². The number of aryl methyl sites for hydroxylation is 6. The zero-order valence-corrected chi connectivity index (χ0v) is 15.9. The van der Waals surface area contributed by atoms with Gasteiger partial charge in [-0.3, -0.25) is 0 Å². The Morgan fingerprint density at radius 2 is 1.42 bits per heavy atom. The van der Waals surface area contributed by atoms with Gasteiger partial charge in [-0.2, -0.15) is 4.57 Å². The smallest absolute Gasteiger partial charge is 0.229 e. The molecule has 0 aliphatic heterocycles. The van der Waals surface area contributed by atoms with Crippen LogP contribution >= 0.6 is 0 Å². The van der Waals surface area contributed by atoms with Crippen LogP contribution in [0.5, 0.6) is 0 Å². The highest BCUT2D eigenvalue weighted by molar-refractivity contribution is 5.65. The summed E-state index contributed by atoms with van der Waals surface area (Å²) in [5, 5.41) is 0. The minimum Gasteiger partial charge on any atom is -0.310 e. The van der Waals surface area contributed by atoms with Crippen molar-refractivity contribution >= 4 is 0 Å². The number of pyridine rings is 1. The zero-order valence-electron chi connectivity index (χ0n) is 15.9. The van der Waals surface area contributed by atoms with Crippen molar-refractivity contribution in [1.29, 1.82) is 0 Å². The molecule has 0 aliphatic carbocycles. The fourth-order valence-electron chi connectivity index (χ4n) is 3.76. The lowest BCUT2D eigenvalue weighted by molar-refractivity contribution is -0.660. The Bertz CT molecular complexity index is 906. The maximum Gasteiger partial charge on any atom is 0.229 e. The molecule has 0 radical (unpaired) electrons. The molecular formula is C22H27N2+. The van der Waals surface area contributed by atoms with Crippen LogP contribution in [0.2, 0.25) is 0 Å². The summed E-state index contributed by atoms with van der Waals surface area (Å²) in [6, 6.07) is 8.96. The van der Waals surface area contributed by atoms with Gasteiger partial charge < -0.3 is 4.57 Å². The Kier molecular flexibility index (Phi) is 4.08. The van der Waals surface area contributed by atoms with E-state index in [-0.39, 0.29) is 0 Å². The average molecular weight is 319 g/mol. The van der Waals surface area contributed by atoms with E-state index < -0.39 is 0 Å². The topological polar surface area (TPSA) is 8.81 Å². The van der Waals surface area contributed by atoms with Crippen molar-refractivity contribution in [1.82, 2.24) is 4.57 Å². The molecule has 0 fully saturated rings. The van der Waals surface area contributed by atoms with E-state index in [1.807, 2.05) is 0 Å². The van der Waals surface area contributed by atoms with E-state index in [1.54, 1.807) is 0 Å². The lowest BCUT2D eigenvalue weighted by Crippen LogP contribution is -2.31. The SMILES string of the molecule is Cc1cc(C)c(-n2cc(C)c(C)c2-c2ccc(C)c[n+]2C)c(C)c1. The van der Waals surface area contributed by atoms with Crippen LogP contribution < -0.4 is 4.57 Å². The molecule has 2 aromatic heterocycles. The number of benzene rings is 1. The van der Waals surface area contributed by atoms with E-state index in [9.17, 15) is 0 Å². The molecule has 0 aliphatic rings. The summed E-state index contributed by atoms with van der Waals surface area (Å²) in [5.74, 6) is 0. The third kappa shape index (κ3) is 2.66. The monoisotopic (exact) mass is 319 g/mol. The van der Waals surface area contributed by atoms with Crippen LogP contribution in [0.3, 0.4) is 0 Å². The predicted octanol–water partition coefficient (Wildman–Crippen LogP) is 4.82. The van der Waals surface area contributed by atoms with E-state index in [0.717, 1.165) is 0 Å². The average Bonchev–Trinajstić information content (AvgIpc) is 2.74. The predicted molar refractivity (Wildman–Crippen MR) is 101 cm³/mol. The molecule has 3 aromatic rings. The first-order valence-corrected chi connectivity index (χ1v) is 8.53. The van der Waals surface area contributed by atoms with E-state index in [2.05, 4.69) is 94.4 Å². The van der Waals surface area contributed by atoms with Gasteiger partial charge in [-0.25, -0.2) is 0 Å². The summed E-state index contributed by atoms with van der Waals surface area (Å²) in [6.45, 7) is 13.1. The molecule has 3 rings (SSSR count). The van der Waals surface area contributed by atoms with Crippen LogP contribution in [0, 0.1) is 41.5 Å². The lowest BCUT2D eigenvalue weighted by atomic mass is 10.0. The molecule has 0 saturated heterocycles. The second-order valence-corrected chi connectivity index (χ2v) is 7.11. The molecule has 2 heteroatoms. The van der Waals surface area contributed by atoms with Crippen LogP contribution in [0.25, 0.3) is 17.1 Å². The van der Waals surface area contributed by atoms with Gasteiger partial charge >= 0.3 is 0 Å². The molecule has 0 N–H and O–H groups in total. The highest BCUT2D eigenvalue weighted by Gasteiger charge is 2.22. The normalized spacial score (nSPS) is 11.1. The first-order chi connectivity index (χ1) is 11.3. The van der Waals surface area contributed by atoms with Crippen molar-refractivity contribution < 1.29 is 4.57 Å². The summed E-state index contributed by atoms with van der Waals surface area (Å²) >= 11 is 0. The molecule has 0 atom stereocenters. The van der Waals surface area contributed by atoms with Gasteiger partial charge in [0.15, 0.2) is 6.20 Å². The van der Waals surface area contributed by atoms with Crippen LogP contribution in [-0.2, 0) is 7.05 Å². The second-order valence-electron chi connectivity index (χ2n) is 7.11. The van der Waals surface area contributed by atoms with Gasteiger partial charge in [0.25, 0.3) is 0 Å². The Hall–Kier alpha value is -2.35. The lowest BCUT2D eigenvalue weighted by Gasteiger charge is -2.16. The van der Waals surface area contributed by atoms with E-state index in [0.29, 0.717) is 0 Å². The fourth-order valence-corrected chi connectivity index (χ4v) is 3.76. The molecule has 0 spiro atoms. The van der Waals surface area contributed by atoms with Gasteiger partial charge in [0, 0.05) is 17.8 Å². The fraction of sp³-hybridized carbons (Fsp3) is 0.318. The maximum atomic E-state index is 2.37. The van der Waals surface area contributed by atoms with Gasteiger partial charge in [-0.15, -0.1) is 0 Å². The Morgan fingerprint density at radius 3 is 2.00 bits per heavy atom. The van der Waals surface area contributed by atoms with E-state index >= 15 is 0 Å². The molecule has 0 amide bonds. The number of hydrogen-bond acceptors (Lipinski definition) is 0. The molecule has 2 heterocycles. The van der Waals surface area contributed by atoms with Crippen molar-refractivity contribution in [3.05, 3.63) is 70.0 Å². The molecular weight excluding hydrogens is 292 g/mol. The van der Waals surface area contributed by atoms with Crippen LogP contribution in [0.15, 0.2) is 36.7 Å². The van der Waals surface area contributed by atoms with Crippen LogP contribution in [0.4, 0.5) is 0 Å². The van der Waals surface area contributed by atoms with Crippen molar-refractivity contribution in [2.45, 2.75) is 41.5 Å². The maximum absolute atomic E-state index is 2.37. The third-order valence-electron chi connectivity index (χ3n) is 4.91. The molecule has 0 saturated carbocycles. The quantitative estimate of drug-likeness (QED) is 0.599. The number of aromatic nitrogens is 2. The Labute approximate surface area is 145 Å². The van der Waals surface area contributed by atoms with Gasteiger partial charge in [-0.1, -0.05) is 17.7 Å². The molecule has 124 valence electrons. The highest BCUT2D eigenvalue weighted by atomic mass is 15.0. The van der Waals surface area contributed by atoms with Crippen molar-refractivity contribution in [2.75, 3.05) is 0 Å². The van der Waals surface area contributed by atoms with Crippen LogP contribution in [-0.4, -0.2) is 4.57 Å². The summed E-state index contributed by atoms with van der Waals surface area (Å²) in [7, 11) is 2.13. The summed E-state index contributed by atoms with van der Waals surface area (Å²) in [5.41, 5.74) is 11.7. The number of nitrogens with zero attached hydrogens (tertiary/aromatic N) is 2. The van der Waals surface area contributed by atoms with E-state index in [1.165, 1.54) is 50.5 Å². The summed E-state index contributed by atoms with van der Waals surface area (Å²) in [6.07, 6.45) is 4.46. The second kappa shape index (κ2) is 5.94.